The first-order valence-electron chi connectivity index (χ1n) is 8.84. The van der Waals surface area contributed by atoms with E-state index >= 15 is 0 Å². The number of fused-ring (bicyclic) bond motifs is 1. The lowest BCUT2D eigenvalue weighted by molar-refractivity contribution is -0.142. The Kier molecular flexibility index (Phi) is 4.90. The highest BCUT2D eigenvalue weighted by molar-refractivity contribution is 9.10. The number of halogens is 4. The van der Waals surface area contributed by atoms with Crippen molar-refractivity contribution in [2.75, 3.05) is 13.1 Å². The minimum absolute atomic E-state index is 0.1000. The van der Waals surface area contributed by atoms with Gasteiger partial charge in [-0.3, -0.25) is 13.9 Å². The van der Waals surface area contributed by atoms with Crippen LogP contribution in [0.2, 0.25) is 0 Å². The molecule has 1 amide bonds. The Morgan fingerprint density at radius 3 is 2.79 bits per heavy atom. The summed E-state index contributed by atoms with van der Waals surface area (Å²) in [5, 5.41) is 3.66. The molecule has 0 bridgehead atoms. The molecule has 0 radical (unpaired) electrons. The average Bonchev–Trinajstić information content (AvgIpc) is 3.28. The first kappa shape index (κ1) is 19.0. The molecule has 10 heteroatoms. The molecule has 0 aromatic carbocycles. The maximum absolute atomic E-state index is 12.8. The van der Waals surface area contributed by atoms with E-state index in [9.17, 15) is 18.0 Å². The van der Waals surface area contributed by atoms with E-state index < -0.39 is 11.9 Å². The molecule has 28 heavy (non-hydrogen) atoms. The second-order valence-electron chi connectivity index (χ2n) is 6.77. The van der Waals surface area contributed by atoms with Crippen LogP contribution < -0.4 is 0 Å². The molecule has 1 aliphatic heterocycles. The fourth-order valence-electron chi connectivity index (χ4n) is 3.47. The monoisotopic (exact) mass is 455 g/mol. The van der Waals surface area contributed by atoms with E-state index in [4.69, 9.17) is 0 Å². The number of aromatic nitrogens is 4. The molecule has 1 fully saturated rings. The summed E-state index contributed by atoms with van der Waals surface area (Å²) in [6, 6.07) is 6.30. The molecule has 148 valence electrons. The van der Waals surface area contributed by atoms with Crippen LogP contribution in [0, 0.1) is 0 Å². The van der Waals surface area contributed by atoms with Crippen molar-refractivity contribution in [1.82, 2.24) is 24.1 Å². The van der Waals surface area contributed by atoms with E-state index in [-0.39, 0.29) is 18.4 Å². The van der Waals surface area contributed by atoms with Gasteiger partial charge in [0.05, 0.1) is 18.2 Å². The fourth-order valence-corrected chi connectivity index (χ4v) is 4.00. The molecular formula is C18H17BrF3N5O. The van der Waals surface area contributed by atoms with E-state index in [2.05, 4.69) is 26.0 Å². The van der Waals surface area contributed by atoms with Gasteiger partial charge < -0.3 is 4.90 Å². The third-order valence-electron chi connectivity index (χ3n) is 4.88. The number of piperidine rings is 1. The van der Waals surface area contributed by atoms with Gasteiger partial charge in [0, 0.05) is 25.5 Å². The predicted octanol–water partition coefficient (Wildman–Crippen LogP) is 3.72. The summed E-state index contributed by atoms with van der Waals surface area (Å²) < 4.78 is 42.3. The van der Waals surface area contributed by atoms with Crippen LogP contribution in [0.3, 0.4) is 0 Å². The first-order chi connectivity index (χ1) is 13.3. The zero-order valence-corrected chi connectivity index (χ0v) is 16.3. The van der Waals surface area contributed by atoms with Crippen LogP contribution in [-0.2, 0) is 17.4 Å². The normalized spacial score (nSPS) is 18.0. The summed E-state index contributed by atoms with van der Waals surface area (Å²) in [6.45, 7) is 0.913. The molecule has 0 saturated carbocycles. The highest BCUT2D eigenvalue weighted by Gasteiger charge is 2.35. The van der Waals surface area contributed by atoms with Crippen LogP contribution in [0.4, 0.5) is 13.2 Å². The third kappa shape index (κ3) is 3.65. The lowest BCUT2D eigenvalue weighted by Crippen LogP contribution is -2.41. The highest BCUT2D eigenvalue weighted by Crippen LogP contribution is 2.29. The van der Waals surface area contributed by atoms with E-state index in [1.807, 2.05) is 28.8 Å². The molecule has 1 atom stereocenters. The smallest absolute Gasteiger partial charge is 0.340 e. The van der Waals surface area contributed by atoms with Crippen LogP contribution in [0.15, 0.2) is 41.3 Å². The molecular weight excluding hydrogens is 439 g/mol. The quantitative estimate of drug-likeness (QED) is 0.604. The van der Waals surface area contributed by atoms with Gasteiger partial charge >= 0.3 is 6.18 Å². The summed E-state index contributed by atoms with van der Waals surface area (Å²) in [6.07, 6.45) is 0.241. The molecule has 4 heterocycles. The third-order valence-corrected chi connectivity index (χ3v) is 5.72. The summed E-state index contributed by atoms with van der Waals surface area (Å²) in [7, 11) is 0. The van der Waals surface area contributed by atoms with Crippen molar-refractivity contribution in [3.05, 3.63) is 52.7 Å². The second-order valence-corrected chi connectivity index (χ2v) is 7.52. The van der Waals surface area contributed by atoms with Gasteiger partial charge in [-0.2, -0.15) is 18.3 Å². The Morgan fingerprint density at radius 1 is 1.25 bits per heavy atom. The number of imidazole rings is 1. The van der Waals surface area contributed by atoms with E-state index in [0.717, 1.165) is 16.3 Å². The molecule has 0 N–H and O–H groups in total. The van der Waals surface area contributed by atoms with Gasteiger partial charge in [0.15, 0.2) is 5.69 Å². The van der Waals surface area contributed by atoms with Crippen LogP contribution >= 0.6 is 15.9 Å². The lowest BCUT2D eigenvalue weighted by Gasteiger charge is -2.33. The zero-order chi connectivity index (χ0) is 19.9. The number of likely N-dealkylation sites (tertiary alicyclic amines) is 1. The number of rotatable bonds is 3. The zero-order valence-electron chi connectivity index (χ0n) is 14.7. The number of amides is 1. The molecule has 0 spiro atoms. The first-order valence-corrected chi connectivity index (χ1v) is 9.64. The predicted molar refractivity (Wildman–Crippen MR) is 98.7 cm³/mol. The minimum atomic E-state index is -4.47. The molecule has 3 aromatic heterocycles. The van der Waals surface area contributed by atoms with Crippen molar-refractivity contribution in [3.63, 3.8) is 0 Å². The SMILES string of the molecule is O=C(Cc1nc2ccccn2c1Br)N1CCCC(n2ccc(C(F)(F)F)n2)C1. The summed E-state index contributed by atoms with van der Waals surface area (Å²) in [4.78, 5) is 18.9. The summed E-state index contributed by atoms with van der Waals surface area (Å²) >= 11 is 3.48. The number of carbonyl (C=O) groups is 1. The topological polar surface area (TPSA) is 55.4 Å². The highest BCUT2D eigenvalue weighted by atomic mass is 79.9. The number of carbonyl (C=O) groups excluding carboxylic acids is 1. The van der Waals surface area contributed by atoms with Gasteiger partial charge in [0.2, 0.25) is 5.91 Å². The van der Waals surface area contributed by atoms with Crippen molar-refractivity contribution in [3.8, 4) is 0 Å². The van der Waals surface area contributed by atoms with E-state index in [0.29, 0.717) is 31.6 Å². The van der Waals surface area contributed by atoms with Crippen molar-refractivity contribution in [2.45, 2.75) is 31.5 Å². The molecule has 1 aliphatic rings. The standard InChI is InChI=1S/C18H17BrF3N5O/c19-17-13(23-15-5-1-2-8-26(15)17)10-16(28)25-7-3-4-12(11-25)27-9-6-14(24-27)18(20,21)22/h1-2,5-6,8-9,12H,3-4,7,10-11H2. The van der Waals surface area contributed by atoms with Gasteiger partial charge in [-0.1, -0.05) is 6.07 Å². The molecule has 4 rings (SSSR count). The Hall–Kier alpha value is -2.36. The second kappa shape index (κ2) is 7.23. The van der Waals surface area contributed by atoms with Crippen LogP contribution in [0.5, 0.6) is 0 Å². The summed E-state index contributed by atoms with van der Waals surface area (Å²) in [5.41, 5.74) is 0.464. The van der Waals surface area contributed by atoms with Gasteiger partial charge in [-0.05, 0) is 47.0 Å². The number of hydrogen-bond donors (Lipinski definition) is 0. The van der Waals surface area contributed by atoms with Crippen molar-refractivity contribution < 1.29 is 18.0 Å². The molecule has 1 saturated heterocycles. The van der Waals surface area contributed by atoms with Crippen LogP contribution in [-0.4, -0.2) is 43.1 Å². The van der Waals surface area contributed by atoms with Crippen LogP contribution in [0.1, 0.15) is 30.3 Å². The molecule has 1 unspecified atom stereocenters. The average molecular weight is 456 g/mol. The number of hydrogen-bond acceptors (Lipinski definition) is 3. The van der Waals surface area contributed by atoms with Gasteiger partial charge in [0.25, 0.3) is 0 Å². The number of alkyl halides is 3. The van der Waals surface area contributed by atoms with Gasteiger partial charge in [-0.15, -0.1) is 0 Å². The Morgan fingerprint density at radius 2 is 2.07 bits per heavy atom. The Labute approximate surface area is 167 Å². The number of pyridine rings is 1. The fraction of sp³-hybridized carbons (Fsp3) is 0.389. The van der Waals surface area contributed by atoms with E-state index in [1.54, 1.807) is 4.90 Å². The summed E-state index contributed by atoms with van der Waals surface area (Å²) in [5.74, 6) is -0.1000. The van der Waals surface area contributed by atoms with E-state index in [1.165, 1.54) is 10.9 Å². The largest absolute Gasteiger partial charge is 0.435 e. The Balaban J connectivity index is 1.47. The van der Waals surface area contributed by atoms with Crippen LogP contribution in [0.25, 0.3) is 5.65 Å². The lowest BCUT2D eigenvalue weighted by atomic mass is 10.1. The van der Waals surface area contributed by atoms with Crippen molar-refractivity contribution in [2.24, 2.45) is 0 Å². The van der Waals surface area contributed by atoms with Gasteiger partial charge in [0.1, 0.15) is 10.3 Å². The molecule has 6 nitrogen and oxygen atoms in total. The molecule has 3 aromatic rings. The van der Waals surface area contributed by atoms with Crippen molar-refractivity contribution in [1.29, 1.82) is 0 Å². The van der Waals surface area contributed by atoms with Crippen molar-refractivity contribution >= 4 is 27.5 Å². The maximum Gasteiger partial charge on any atom is 0.435 e. The van der Waals surface area contributed by atoms with Gasteiger partial charge in [-0.25, -0.2) is 4.98 Å². The number of nitrogens with zero attached hydrogens (tertiary/aromatic N) is 5. The molecule has 0 aliphatic carbocycles. The maximum atomic E-state index is 12.8. The minimum Gasteiger partial charge on any atom is -0.340 e. The Bertz CT molecular complexity index is 1010.